The van der Waals surface area contributed by atoms with Crippen LogP contribution in [-0.4, -0.2) is 33.3 Å². The van der Waals surface area contributed by atoms with Crippen LogP contribution < -0.4 is 9.47 Å². The van der Waals surface area contributed by atoms with Crippen molar-refractivity contribution in [2.75, 3.05) is 13.2 Å². The Balaban J connectivity index is 1.45. The molecule has 0 N–H and O–H groups in total. The summed E-state index contributed by atoms with van der Waals surface area (Å²) in [5, 5.41) is 6.18. The second kappa shape index (κ2) is 6.44. The zero-order valence-electron chi connectivity index (χ0n) is 13.8. The number of halogens is 1. The molecule has 0 spiro atoms. The molecular weight excluding hydrogens is 371 g/mol. The van der Waals surface area contributed by atoms with Crippen molar-refractivity contribution in [3.63, 3.8) is 0 Å². The lowest BCUT2D eigenvalue weighted by Crippen LogP contribution is -2.15. The maximum Gasteiger partial charge on any atom is 0.277 e. The molecule has 134 valence electrons. The molecular formula is C18H11FN4O3S. The Morgan fingerprint density at radius 2 is 1.93 bits per heavy atom. The third-order valence-corrected chi connectivity index (χ3v) is 4.76. The molecule has 0 saturated carbocycles. The average molecular weight is 382 g/mol. The van der Waals surface area contributed by atoms with E-state index in [1.165, 1.54) is 29.7 Å². The van der Waals surface area contributed by atoms with Gasteiger partial charge in [-0.15, -0.1) is 11.3 Å². The summed E-state index contributed by atoms with van der Waals surface area (Å²) >= 11 is 1.26. The molecule has 4 aromatic rings. The van der Waals surface area contributed by atoms with E-state index in [-0.39, 0.29) is 11.6 Å². The molecule has 3 aromatic heterocycles. The lowest BCUT2D eigenvalue weighted by atomic mass is 10.2. The summed E-state index contributed by atoms with van der Waals surface area (Å²) in [6.45, 7) is 1.03. The highest BCUT2D eigenvalue weighted by molar-refractivity contribution is 7.13. The summed E-state index contributed by atoms with van der Waals surface area (Å²) in [5.41, 5.74) is 1.40. The van der Waals surface area contributed by atoms with E-state index in [1.54, 1.807) is 11.4 Å². The normalized spacial score (nSPS) is 12.9. The first-order valence-electron chi connectivity index (χ1n) is 8.08. The van der Waals surface area contributed by atoms with E-state index >= 15 is 0 Å². The molecule has 1 aromatic carbocycles. The molecule has 4 heterocycles. The predicted molar refractivity (Wildman–Crippen MR) is 95.0 cm³/mol. The van der Waals surface area contributed by atoms with E-state index in [4.69, 9.17) is 14.0 Å². The average Bonchev–Trinajstić information content (AvgIpc) is 3.38. The molecule has 0 bridgehead atoms. The number of fused-ring (bicyclic) bond motifs is 1. The second-order valence-corrected chi connectivity index (χ2v) is 6.51. The fourth-order valence-corrected chi connectivity index (χ4v) is 3.44. The third kappa shape index (κ3) is 2.91. The lowest BCUT2D eigenvalue weighted by molar-refractivity contribution is 0.171. The molecule has 7 nitrogen and oxygen atoms in total. The number of hydrogen-bond donors (Lipinski definition) is 0. The van der Waals surface area contributed by atoms with Gasteiger partial charge in [-0.2, -0.15) is 4.98 Å². The minimum atomic E-state index is -0.430. The molecule has 0 amide bonds. The highest BCUT2D eigenvalue weighted by Crippen LogP contribution is 2.34. The van der Waals surface area contributed by atoms with Gasteiger partial charge in [0.25, 0.3) is 5.89 Å². The van der Waals surface area contributed by atoms with Gasteiger partial charge in [0.05, 0.1) is 0 Å². The van der Waals surface area contributed by atoms with Gasteiger partial charge >= 0.3 is 0 Å². The number of rotatable bonds is 3. The summed E-state index contributed by atoms with van der Waals surface area (Å²) in [4.78, 5) is 12.8. The van der Waals surface area contributed by atoms with Crippen LogP contribution in [0, 0.1) is 5.82 Å². The number of benzene rings is 1. The smallest absolute Gasteiger partial charge is 0.277 e. The van der Waals surface area contributed by atoms with Crippen LogP contribution in [0.25, 0.3) is 33.7 Å². The van der Waals surface area contributed by atoms with Crippen molar-refractivity contribution >= 4 is 11.3 Å². The number of ether oxygens (including phenoxy) is 2. The van der Waals surface area contributed by atoms with Gasteiger partial charge in [0.1, 0.15) is 29.6 Å². The molecule has 0 fully saturated rings. The Labute approximate surface area is 156 Å². The van der Waals surface area contributed by atoms with Crippen LogP contribution in [0.1, 0.15) is 0 Å². The molecule has 1 aliphatic heterocycles. The van der Waals surface area contributed by atoms with Crippen LogP contribution in [0.2, 0.25) is 0 Å². The standard InChI is InChI=1S/C18H11FN4O3S/c19-11-2-1-5-20-15(11)18-21-12(9-27-18)17-22-16(23-26-17)10-3-4-13-14(8-10)25-7-6-24-13/h1-5,8-9H,6-7H2. The molecule has 0 saturated heterocycles. The first-order valence-corrected chi connectivity index (χ1v) is 8.96. The summed E-state index contributed by atoms with van der Waals surface area (Å²) < 4.78 is 30.3. The van der Waals surface area contributed by atoms with E-state index in [9.17, 15) is 4.39 Å². The highest BCUT2D eigenvalue weighted by Gasteiger charge is 2.18. The van der Waals surface area contributed by atoms with E-state index in [1.807, 2.05) is 12.1 Å². The minimum Gasteiger partial charge on any atom is -0.486 e. The Morgan fingerprint density at radius 1 is 1.04 bits per heavy atom. The Hall–Kier alpha value is -3.33. The molecule has 9 heteroatoms. The molecule has 0 radical (unpaired) electrons. The maximum absolute atomic E-state index is 13.9. The van der Waals surface area contributed by atoms with Gasteiger partial charge in [0.2, 0.25) is 5.82 Å². The zero-order valence-corrected chi connectivity index (χ0v) is 14.6. The van der Waals surface area contributed by atoms with Gasteiger partial charge in [-0.25, -0.2) is 9.37 Å². The first kappa shape index (κ1) is 15.9. The maximum atomic E-state index is 13.9. The molecule has 0 aliphatic carbocycles. The fraction of sp³-hybridized carbons (Fsp3) is 0.111. The highest BCUT2D eigenvalue weighted by atomic mass is 32.1. The van der Waals surface area contributed by atoms with Crippen molar-refractivity contribution in [1.82, 2.24) is 20.1 Å². The largest absolute Gasteiger partial charge is 0.486 e. The van der Waals surface area contributed by atoms with Gasteiger partial charge in [-0.3, -0.25) is 4.98 Å². The van der Waals surface area contributed by atoms with Crippen molar-refractivity contribution in [2.45, 2.75) is 0 Å². The van der Waals surface area contributed by atoms with Gasteiger partial charge in [0, 0.05) is 17.1 Å². The van der Waals surface area contributed by atoms with E-state index in [2.05, 4.69) is 20.1 Å². The van der Waals surface area contributed by atoms with Crippen molar-refractivity contribution < 1.29 is 18.4 Å². The van der Waals surface area contributed by atoms with Crippen LogP contribution in [0.5, 0.6) is 11.5 Å². The monoisotopic (exact) mass is 382 g/mol. The van der Waals surface area contributed by atoms with E-state index < -0.39 is 5.82 Å². The number of aromatic nitrogens is 4. The Kier molecular flexibility index (Phi) is 3.79. The number of nitrogens with zero attached hydrogens (tertiary/aromatic N) is 4. The summed E-state index contributed by atoms with van der Waals surface area (Å²) in [5.74, 6) is 1.56. The summed E-state index contributed by atoms with van der Waals surface area (Å²) in [7, 11) is 0. The fourth-order valence-electron chi connectivity index (χ4n) is 2.65. The van der Waals surface area contributed by atoms with E-state index in [0.717, 1.165) is 5.56 Å². The molecule has 0 unspecified atom stereocenters. The summed E-state index contributed by atoms with van der Waals surface area (Å²) in [6.07, 6.45) is 1.52. The van der Waals surface area contributed by atoms with Gasteiger partial charge < -0.3 is 14.0 Å². The van der Waals surface area contributed by atoms with Gasteiger partial charge in [-0.05, 0) is 30.3 Å². The second-order valence-electron chi connectivity index (χ2n) is 5.65. The SMILES string of the molecule is Fc1cccnc1-c1nc(-c2nc(-c3ccc4c(c3)OCCO4)no2)cs1. The van der Waals surface area contributed by atoms with Crippen LogP contribution in [0.15, 0.2) is 46.4 Å². The Morgan fingerprint density at radius 3 is 2.81 bits per heavy atom. The van der Waals surface area contributed by atoms with Crippen LogP contribution in [-0.2, 0) is 0 Å². The van der Waals surface area contributed by atoms with E-state index in [0.29, 0.717) is 41.2 Å². The van der Waals surface area contributed by atoms with Crippen molar-refractivity contribution in [3.05, 3.63) is 47.7 Å². The molecule has 1 aliphatic rings. The van der Waals surface area contributed by atoms with Crippen LogP contribution >= 0.6 is 11.3 Å². The van der Waals surface area contributed by atoms with Gasteiger partial charge in [0.15, 0.2) is 17.3 Å². The number of pyridine rings is 1. The van der Waals surface area contributed by atoms with Crippen molar-refractivity contribution in [3.8, 4) is 45.2 Å². The van der Waals surface area contributed by atoms with Crippen LogP contribution in [0.3, 0.4) is 0 Å². The van der Waals surface area contributed by atoms with Crippen molar-refractivity contribution in [2.24, 2.45) is 0 Å². The summed E-state index contributed by atoms with van der Waals surface area (Å²) in [6, 6.07) is 8.32. The van der Waals surface area contributed by atoms with Gasteiger partial charge in [-0.1, -0.05) is 5.16 Å². The predicted octanol–water partition coefficient (Wildman–Crippen LogP) is 3.83. The first-order chi connectivity index (χ1) is 13.3. The van der Waals surface area contributed by atoms with Crippen LogP contribution in [0.4, 0.5) is 4.39 Å². The zero-order chi connectivity index (χ0) is 18.2. The molecule has 0 atom stereocenters. The number of hydrogen-bond acceptors (Lipinski definition) is 8. The topological polar surface area (TPSA) is 83.2 Å². The quantitative estimate of drug-likeness (QED) is 0.532. The molecule has 27 heavy (non-hydrogen) atoms. The minimum absolute atomic E-state index is 0.195. The van der Waals surface area contributed by atoms with Crippen molar-refractivity contribution in [1.29, 1.82) is 0 Å². The molecule has 5 rings (SSSR count). The third-order valence-electron chi connectivity index (χ3n) is 3.91. The Bertz CT molecular complexity index is 1130. The lowest BCUT2D eigenvalue weighted by Gasteiger charge is -2.18. The number of thiazole rings is 1.